The summed E-state index contributed by atoms with van der Waals surface area (Å²) in [5.41, 5.74) is 0. The van der Waals surface area contributed by atoms with Gasteiger partial charge in [0.15, 0.2) is 0 Å². The molecule has 3 aliphatic rings. The lowest BCUT2D eigenvalue weighted by Gasteiger charge is -2.27. The van der Waals surface area contributed by atoms with Crippen molar-refractivity contribution in [3.8, 4) is 0 Å². The SMILES string of the molecule is CC1(C)OC2=CC3CN(Cl)C(C(=O)O)C3CC2O1. The first-order chi connectivity index (χ1) is 8.37. The van der Waals surface area contributed by atoms with Gasteiger partial charge in [0, 0.05) is 20.4 Å². The summed E-state index contributed by atoms with van der Waals surface area (Å²) in [7, 11) is 0. The van der Waals surface area contributed by atoms with Crippen LogP contribution in [-0.2, 0) is 14.3 Å². The average molecular weight is 274 g/mol. The fourth-order valence-electron chi connectivity index (χ4n) is 3.21. The quantitative estimate of drug-likeness (QED) is 0.735. The van der Waals surface area contributed by atoms with Crippen LogP contribution in [0.15, 0.2) is 11.8 Å². The summed E-state index contributed by atoms with van der Waals surface area (Å²) >= 11 is 6.00. The van der Waals surface area contributed by atoms with Crippen LogP contribution in [0.2, 0.25) is 0 Å². The summed E-state index contributed by atoms with van der Waals surface area (Å²) in [6.07, 6.45) is 2.51. The smallest absolute Gasteiger partial charge is 0.322 e. The Kier molecular flexibility index (Phi) is 2.63. The molecule has 0 bridgehead atoms. The Morgan fingerprint density at radius 3 is 3.00 bits per heavy atom. The van der Waals surface area contributed by atoms with Gasteiger partial charge >= 0.3 is 5.97 Å². The maximum absolute atomic E-state index is 11.3. The second kappa shape index (κ2) is 3.85. The monoisotopic (exact) mass is 273 g/mol. The van der Waals surface area contributed by atoms with E-state index in [0.29, 0.717) is 13.0 Å². The molecular weight excluding hydrogens is 258 g/mol. The van der Waals surface area contributed by atoms with Gasteiger partial charge in [-0.25, -0.2) is 4.42 Å². The Morgan fingerprint density at radius 2 is 2.33 bits per heavy atom. The van der Waals surface area contributed by atoms with Crippen LogP contribution in [0.1, 0.15) is 20.3 Å². The van der Waals surface area contributed by atoms with E-state index in [2.05, 4.69) is 0 Å². The van der Waals surface area contributed by atoms with Gasteiger partial charge in [0.2, 0.25) is 5.79 Å². The van der Waals surface area contributed by atoms with Crippen LogP contribution in [0.4, 0.5) is 0 Å². The van der Waals surface area contributed by atoms with Crippen LogP contribution in [0.25, 0.3) is 0 Å². The molecule has 5 nitrogen and oxygen atoms in total. The van der Waals surface area contributed by atoms with Crippen molar-refractivity contribution in [2.24, 2.45) is 11.8 Å². The van der Waals surface area contributed by atoms with E-state index in [0.717, 1.165) is 5.76 Å². The van der Waals surface area contributed by atoms with E-state index in [1.54, 1.807) is 0 Å². The number of fused-ring (bicyclic) bond motifs is 2. The predicted molar refractivity (Wildman–Crippen MR) is 63.7 cm³/mol. The van der Waals surface area contributed by atoms with Crippen LogP contribution in [0.3, 0.4) is 0 Å². The van der Waals surface area contributed by atoms with Crippen LogP contribution in [0, 0.1) is 11.8 Å². The van der Waals surface area contributed by atoms with Crippen LogP contribution in [0.5, 0.6) is 0 Å². The standard InChI is InChI=1S/C12H16ClNO4/c1-12(2)17-8-3-6-5-14(13)10(11(15)16)7(6)4-9(8)18-12/h3,6-7,9-10H,4-5H2,1-2H3,(H,15,16). The van der Waals surface area contributed by atoms with Crippen molar-refractivity contribution in [3.63, 3.8) is 0 Å². The number of halogens is 1. The molecule has 0 aromatic rings. The molecule has 0 radical (unpaired) electrons. The number of carbonyl (C=O) groups is 1. The zero-order valence-electron chi connectivity index (χ0n) is 10.3. The maximum atomic E-state index is 11.3. The molecule has 2 aliphatic heterocycles. The summed E-state index contributed by atoms with van der Waals surface area (Å²) in [4.78, 5) is 11.3. The molecule has 4 unspecified atom stereocenters. The van der Waals surface area contributed by atoms with Crippen molar-refractivity contribution in [1.82, 2.24) is 4.42 Å². The minimum Gasteiger partial charge on any atom is -0.480 e. The second-order valence-electron chi connectivity index (χ2n) is 5.61. The van der Waals surface area contributed by atoms with Gasteiger partial charge in [0.1, 0.15) is 17.9 Å². The van der Waals surface area contributed by atoms with E-state index < -0.39 is 17.8 Å². The highest BCUT2D eigenvalue weighted by molar-refractivity contribution is 6.15. The van der Waals surface area contributed by atoms with Crippen LogP contribution in [-0.4, -0.2) is 40.0 Å². The van der Waals surface area contributed by atoms with Gasteiger partial charge in [-0.15, -0.1) is 0 Å². The molecule has 2 heterocycles. The highest BCUT2D eigenvalue weighted by Crippen LogP contribution is 2.46. The molecular formula is C12H16ClNO4. The summed E-state index contributed by atoms with van der Waals surface area (Å²) in [6.45, 7) is 4.28. The number of carboxylic acids is 1. The third kappa shape index (κ3) is 1.81. The Labute approximate surface area is 110 Å². The van der Waals surface area contributed by atoms with E-state index in [4.69, 9.17) is 21.3 Å². The van der Waals surface area contributed by atoms with Gasteiger partial charge in [0.25, 0.3) is 0 Å². The zero-order chi connectivity index (χ0) is 13.1. The fourth-order valence-corrected chi connectivity index (χ4v) is 3.60. The third-order valence-corrected chi connectivity index (χ3v) is 4.22. The summed E-state index contributed by atoms with van der Waals surface area (Å²) in [5.74, 6) is -0.530. The molecule has 0 aromatic carbocycles. The van der Waals surface area contributed by atoms with E-state index in [1.807, 2.05) is 19.9 Å². The number of ether oxygens (including phenoxy) is 2. The molecule has 0 aromatic heterocycles. The third-order valence-electron chi connectivity index (χ3n) is 3.87. The Balaban J connectivity index is 1.87. The Morgan fingerprint density at radius 1 is 1.61 bits per heavy atom. The lowest BCUT2D eigenvalue weighted by Crippen LogP contribution is -2.37. The molecule has 6 heteroatoms. The molecule has 1 aliphatic carbocycles. The Bertz CT molecular complexity index is 422. The number of carboxylic acid groups (broad SMARTS) is 1. The van der Waals surface area contributed by atoms with Crippen molar-refractivity contribution in [2.45, 2.75) is 38.2 Å². The lowest BCUT2D eigenvalue weighted by molar-refractivity contribution is -0.143. The first-order valence-electron chi connectivity index (χ1n) is 6.11. The lowest BCUT2D eigenvalue weighted by atomic mass is 9.81. The molecule has 2 saturated heterocycles. The van der Waals surface area contributed by atoms with Gasteiger partial charge in [-0.3, -0.25) is 4.79 Å². The van der Waals surface area contributed by atoms with Crippen molar-refractivity contribution >= 4 is 17.7 Å². The summed E-state index contributed by atoms with van der Waals surface area (Å²) in [6, 6.07) is -0.637. The van der Waals surface area contributed by atoms with Crippen molar-refractivity contribution in [1.29, 1.82) is 0 Å². The number of hydrogen-bond acceptors (Lipinski definition) is 4. The molecule has 2 fully saturated rings. The minimum atomic E-state index is -0.868. The number of aliphatic carboxylic acids is 1. The Hall–Kier alpha value is -0.780. The first-order valence-corrected chi connectivity index (χ1v) is 6.45. The topological polar surface area (TPSA) is 59.0 Å². The molecule has 0 saturated carbocycles. The predicted octanol–water partition coefficient (Wildman–Crippen LogP) is 1.58. The molecule has 4 atom stereocenters. The second-order valence-corrected chi connectivity index (χ2v) is 6.04. The highest BCUT2D eigenvalue weighted by Gasteiger charge is 2.51. The zero-order valence-corrected chi connectivity index (χ0v) is 11.1. The first kappa shape index (κ1) is 12.3. The molecule has 100 valence electrons. The highest BCUT2D eigenvalue weighted by atomic mass is 35.5. The van der Waals surface area contributed by atoms with Crippen molar-refractivity contribution < 1.29 is 19.4 Å². The van der Waals surface area contributed by atoms with Crippen LogP contribution >= 0.6 is 11.8 Å². The molecule has 0 spiro atoms. The van der Waals surface area contributed by atoms with Crippen molar-refractivity contribution in [2.75, 3.05) is 6.54 Å². The van der Waals surface area contributed by atoms with Crippen LogP contribution < -0.4 is 0 Å². The molecule has 0 amide bonds. The van der Waals surface area contributed by atoms with E-state index in [9.17, 15) is 9.90 Å². The summed E-state index contributed by atoms with van der Waals surface area (Å²) in [5, 5.41) is 9.25. The van der Waals surface area contributed by atoms with Gasteiger partial charge in [0.05, 0.1) is 0 Å². The largest absolute Gasteiger partial charge is 0.480 e. The van der Waals surface area contributed by atoms with Gasteiger partial charge in [-0.05, 0) is 36.1 Å². The van der Waals surface area contributed by atoms with E-state index in [1.165, 1.54) is 4.42 Å². The number of nitrogens with zero attached hydrogens (tertiary/aromatic N) is 1. The number of rotatable bonds is 1. The number of hydrogen-bond donors (Lipinski definition) is 1. The minimum absolute atomic E-state index is 0.00810. The normalized spacial score (nSPS) is 41.8. The average Bonchev–Trinajstić information content (AvgIpc) is 2.66. The maximum Gasteiger partial charge on any atom is 0.322 e. The molecule has 1 N–H and O–H groups in total. The van der Waals surface area contributed by atoms with E-state index in [-0.39, 0.29) is 17.9 Å². The molecule has 18 heavy (non-hydrogen) atoms. The van der Waals surface area contributed by atoms with Gasteiger partial charge in [-0.1, -0.05) is 0 Å². The fraction of sp³-hybridized carbons (Fsp3) is 0.750. The van der Waals surface area contributed by atoms with E-state index >= 15 is 0 Å². The molecule has 3 rings (SSSR count). The van der Waals surface area contributed by atoms with Gasteiger partial charge < -0.3 is 14.6 Å². The van der Waals surface area contributed by atoms with Crippen molar-refractivity contribution in [3.05, 3.63) is 11.8 Å². The summed E-state index contributed by atoms with van der Waals surface area (Å²) < 4.78 is 12.9. The van der Waals surface area contributed by atoms with Gasteiger partial charge in [-0.2, -0.15) is 0 Å².